The van der Waals surface area contributed by atoms with Crippen molar-refractivity contribution in [2.75, 3.05) is 31.2 Å². The van der Waals surface area contributed by atoms with Crippen molar-refractivity contribution >= 4 is 22.0 Å². The van der Waals surface area contributed by atoms with E-state index < -0.39 is 10.2 Å². The van der Waals surface area contributed by atoms with Gasteiger partial charge in [0, 0.05) is 31.5 Å². The molecule has 0 bridgehead atoms. The third-order valence-electron chi connectivity index (χ3n) is 3.00. The van der Waals surface area contributed by atoms with Gasteiger partial charge in [0.25, 0.3) is 10.2 Å². The average Bonchev–Trinajstić information content (AvgIpc) is 2.36. The van der Waals surface area contributed by atoms with Crippen molar-refractivity contribution in [3.8, 4) is 0 Å². The molecule has 7 heteroatoms. The summed E-state index contributed by atoms with van der Waals surface area (Å²) >= 11 is 1.72. The number of hydrogen-bond donors (Lipinski definition) is 2. The lowest BCUT2D eigenvalue weighted by Gasteiger charge is -2.31. The van der Waals surface area contributed by atoms with Gasteiger partial charge >= 0.3 is 0 Å². The van der Waals surface area contributed by atoms with Gasteiger partial charge in [0.15, 0.2) is 0 Å². The van der Waals surface area contributed by atoms with Crippen molar-refractivity contribution < 1.29 is 13.5 Å². The Morgan fingerprint density at radius 3 is 2.89 bits per heavy atom. The first-order chi connectivity index (χ1) is 8.49. The van der Waals surface area contributed by atoms with Crippen molar-refractivity contribution in [1.29, 1.82) is 0 Å². The van der Waals surface area contributed by atoms with Crippen LogP contribution < -0.4 is 4.72 Å². The first-order valence-electron chi connectivity index (χ1n) is 6.45. The second-order valence-corrected chi connectivity index (χ2v) is 7.75. The summed E-state index contributed by atoms with van der Waals surface area (Å²) in [6.07, 6.45) is 1.73. The Balaban J connectivity index is 2.51. The fourth-order valence-electron chi connectivity index (χ4n) is 2.05. The number of rotatable bonds is 7. The molecule has 0 aliphatic carbocycles. The van der Waals surface area contributed by atoms with E-state index in [-0.39, 0.29) is 18.6 Å². The molecule has 1 saturated heterocycles. The monoisotopic (exact) mass is 296 g/mol. The van der Waals surface area contributed by atoms with Crippen molar-refractivity contribution in [3.63, 3.8) is 0 Å². The first kappa shape index (κ1) is 16.2. The Hall–Kier alpha value is 0.180. The third-order valence-corrected chi connectivity index (χ3v) is 5.86. The lowest BCUT2D eigenvalue weighted by Crippen LogP contribution is -2.49. The van der Waals surface area contributed by atoms with Gasteiger partial charge in [-0.1, -0.05) is 6.92 Å². The zero-order valence-electron chi connectivity index (χ0n) is 11.1. The Labute approximate surface area is 115 Å². The molecule has 2 unspecified atom stereocenters. The Morgan fingerprint density at radius 1 is 1.56 bits per heavy atom. The van der Waals surface area contributed by atoms with Gasteiger partial charge in [-0.25, -0.2) is 0 Å². The summed E-state index contributed by atoms with van der Waals surface area (Å²) in [7, 11) is -3.40. The Kier molecular flexibility index (Phi) is 6.94. The topological polar surface area (TPSA) is 69.6 Å². The van der Waals surface area contributed by atoms with E-state index in [2.05, 4.69) is 11.6 Å². The fourth-order valence-corrected chi connectivity index (χ4v) is 4.35. The number of aliphatic hydroxyl groups is 1. The molecule has 0 radical (unpaired) electrons. The molecule has 0 amide bonds. The number of aliphatic hydroxyl groups excluding tert-OH is 1. The second-order valence-electron chi connectivity index (χ2n) is 4.73. The van der Waals surface area contributed by atoms with Crippen LogP contribution in [0.25, 0.3) is 0 Å². The molecule has 0 aromatic carbocycles. The summed E-state index contributed by atoms with van der Waals surface area (Å²) in [6.45, 7) is 4.99. The molecule has 1 aliphatic rings. The van der Waals surface area contributed by atoms with Crippen LogP contribution in [0.4, 0.5) is 0 Å². The van der Waals surface area contributed by atoms with Crippen LogP contribution in [0.1, 0.15) is 26.7 Å². The molecular weight excluding hydrogens is 272 g/mol. The summed E-state index contributed by atoms with van der Waals surface area (Å²) in [5.41, 5.74) is 0. The standard InChI is InChI=1S/C11H24N2O3S2/c1-3-17-9-10(2)12-18(15,16)13-6-4-5-11(7-13)8-14/h10-12,14H,3-9H2,1-2H3. The van der Waals surface area contributed by atoms with Crippen molar-refractivity contribution in [2.24, 2.45) is 5.92 Å². The van der Waals surface area contributed by atoms with Crippen LogP contribution in [-0.4, -0.2) is 55.1 Å². The minimum atomic E-state index is -3.40. The molecule has 0 aromatic rings. The normalized spacial score (nSPS) is 24.1. The predicted molar refractivity (Wildman–Crippen MR) is 75.9 cm³/mol. The van der Waals surface area contributed by atoms with Crippen LogP contribution in [0.5, 0.6) is 0 Å². The summed E-state index contributed by atoms with van der Waals surface area (Å²) in [6, 6.07) is -0.0607. The molecule has 108 valence electrons. The van der Waals surface area contributed by atoms with Gasteiger partial charge < -0.3 is 5.11 Å². The number of thioether (sulfide) groups is 1. The highest BCUT2D eigenvalue weighted by Gasteiger charge is 2.29. The van der Waals surface area contributed by atoms with E-state index >= 15 is 0 Å². The molecule has 1 rings (SSSR count). The molecule has 18 heavy (non-hydrogen) atoms. The lowest BCUT2D eigenvalue weighted by atomic mass is 10.0. The maximum absolute atomic E-state index is 12.1. The van der Waals surface area contributed by atoms with E-state index in [0.717, 1.165) is 24.3 Å². The minimum absolute atomic E-state index is 0.0607. The largest absolute Gasteiger partial charge is 0.396 e. The molecule has 1 fully saturated rings. The van der Waals surface area contributed by atoms with E-state index in [1.165, 1.54) is 4.31 Å². The molecule has 0 saturated carbocycles. The van der Waals surface area contributed by atoms with Crippen LogP contribution >= 0.6 is 11.8 Å². The highest BCUT2D eigenvalue weighted by atomic mass is 32.2. The van der Waals surface area contributed by atoms with Gasteiger partial charge in [0.05, 0.1) is 0 Å². The van der Waals surface area contributed by atoms with Crippen molar-refractivity contribution in [1.82, 2.24) is 9.03 Å². The van der Waals surface area contributed by atoms with Gasteiger partial charge in [-0.15, -0.1) is 0 Å². The van der Waals surface area contributed by atoms with Crippen LogP contribution in [0.3, 0.4) is 0 Å². The molecule has 5 nitrogen and oxygen atoms in total. The highest BCUT2D eigenvalue weighted by Crippen LogP contribution is 2.18. The maximum atomic E-state index is 12.1. The zero-order chi connectivity index (χ0) is 13.6. The van der Waals surface area contributed by atoms with Gasteiger partial charge in [-0.05, 0) is 31.4 Å². The van der Waals surface area contributed by atoms with Gasteiger partial charge in [-0.2, -0.15) is 29.2 Å². The quantitative estimate of drug-likeness (QED) is 0.724. The summed E-state index contributed by atoms with van der Waals surface area (Å²) in [5.74, 6) is 1.85. The number of hydrogen-bond acceptors (Lipinski definition) is 4. The van der Waals surface area contributed by atoms with Gasteiger partial charge in [0.2, 0.25) is 0 Å². The smallest absolute Gasteiger partial charge is 0.279 e. The third kappa shape index (κ3) is 5.05. The fraction of sp³-hybridized carbons (Fsp3) is 1.00. The minimum Gasteiger partial charge on any atom is -0.396 e. The van der Waals surface area contributed by atoms with Crippen LogP contribution in [-0.2, 0) is 10.2 Å². The summed E-state index contributed by atoms with van der Waals surface area (Å²) in [5, 5.41) is 9.13. The Morgan fingerprint density at radius 2 is 2.28 bits per heavy atom. The second kappa shape index (κ2) is 7.69. The maximum Gasteiger partial charge on any atom is 0.279 e. The molecule has 1 aliphatic heterocycles. The van der Waals surface area contributed by atoms with Gasteiger partial charge in [0.1, 0.15) is 0 Å². The van der Waals surface area contributed by atoms with Crippen molar-refractivity contribution in [3.05, 3.63) is 0 Å². The van der Waals surface area contributed by atoms with E-state index in [1.54, 1.807) is 11.8 Å². The molecule has 2 N–H and O–H groups in total. The zero-order valence-corrected chi connectivity index (χ0v) is 12.8. The van der Waals surface area contributed by atoms with Crippen LogP contribution in [0.2, 0.25) is 0 Å². The lowest BCUT2D eigenvalue weighted by molar-refractivity contribution is 0.164. The van der Waals surface area contributed by atoms with Crippen LogP contribution in [0.15, 0.2) is 0 Å². The number of piperidine rings is 1. The van der Waals surface area contributed by atoms with Crippen LogP contribution in [0, 0.1) is 5.92 Å². The average molecular weight is 296 g/mol. The highest BCUT2D eigenvalue weighted by molar-refractivity contribution is 7.99. The number of nitrogens with zero attached hydrogens (tertiary/aromatic N) is 1. The van der Waals surface area contributed by atoms with E-state index in [4.69, 9.17) is 5.11 Å². The molecular formula is C11H24N2O3S2. The summed E-state index contributed by atoms with van der Waals surface area (Å²) in [4.78, 5) is 0. The Bertz CT molecular complexity index is 335. The van der Waals surface area contributed by atoms with Gasteiger partial charge in [-0.3, -0.25) is 0 Å². The molecule has 0 spiro atoms. The first-order valence-corrected chi connectivity index (χ1v) is 9.05. The van der Waals surface area contributed by atoms with Crippen molar-refractivity contribution in [2.45, 2.75) is 32.7 Å². The molecule has 0 aromatic heterocycles. The molecule has 2 atom stereocenters. The van der Waals surface area contributed by atoms with E-state index in [9.17, 15) is 8.42 Å². The number of nitrogens with one attached hydrogen (secondary N) is 1. The predicted octanol–water partition coefficient (Wildman–Crippen LogP) is 0.667. The summed E-state index contributed by atoms with van der Waals surface area (Å²) < 4.78 is 28.5. The van der Waals surface area contributed by atoms with E-state index in [0.29, 0.717) is 13.1 Å². The molecule has 1 heterocycles. The van der Waals surface area contributed by atoms with E-state index in [1.807, 2.05) is 6.92 Å². The SMILES string of the molecule is CCSCC(C)NS(=O)(=O)N1CCCC(CO)C1.